The Morgan fingerprint density at radius 1 is 0.938 bits per heavy atom. The van der Waals surface area contributed by atoms with Gasteiger partial charge in [-0.15, -0.1) is 0 Å². The lowest BCUT2D eigenvalue weighted by molar-refractivity contribution is 0.0951. The summed E-state index contributed by atoms with van der Waals surface area (Å²) in [5, 5.41) is 2.87. The smallest absolute Gasteiger partial charge is 0.261 e. The van der Waals surface area contributed by atoms with E-state index in [9.17, 15) is 13.2 Å². The van der Waals surface area contributed by atoms with Crippen molar-refractivity contribution in [3.63, 3.8) is 0 Å². The maximum atomic E-state index is 12.7. The molecular formula is C25H29N3O3S. The molecule has 3 aromatic carbocycles. The molecule has 168 valence electrons. The molecule has 32 heavy (non-hydrogen) atoms. The first kappa shape index (κ1) is 23.5. The molecule has 7 heteroatoms. The molecule has 0 aliphatic heterocycles. The molecule has 0 saturated carbocycles. The Kier molecular flexibility index (Phi) is 8.03. The summed E-state index contributed by atoms with van der Waals surface area (Å²) >= 11 is 0. The second-order valence-corrected chi connectivity index (χ2v) is 9.51. The lowest BCUT2D eigenvalue weighted by Gasteiger charge is -2.16. The zero-order valence-corrected chi connectivity index (χ0v) is 19.2. The van der Waals surface area contributed by atoms with E-state index in [2.05, 4.69) is 27.1 Å². The van der Waals surface area contributed by atoms with Gasteiger partial charge < -0.3 is 10.2 Å². The van der Waals surface area contributed by atoms with Crippen LogP contribution in [0.1, 0.15) is 27.9 Å². The SMILES string of the molecule is Cc1ccc(NS(=O)(=O)c2cccc(C(=O)NCCCN(C)Cc3ccccc3)c2)cc1. The Bertz CT molecular complexity index is 1130. The van der Waals surface area contributed by atoms with E-state index >= 15 is 0 Å². The van der Waals surface area contributed by atoms with Crippen LogP contribution in [0.3, 0.4) is 0 Å². The fraction of sp³-hybridized carbons (Fsp3) is 0.240. The molecule has 0 saturated heterocycles. The number of rotatable bonds is 10. The van der Waals surface area contributed by atoms with Crippen LogP contribution >= 0.6 is 0 Å². The maximum Gasteiger partial charge on any atom is 0.261 e. The first-order valence-corrected chi connectivity index (χ1v) is 12.0. The van der Waals surface area contributed by atoms with Gasteiger partial charge in [-0.25, -0.2) is 8.42 Å². The van der Waals surface area contributed by atoms with E-state index in [0.29, 0.717) is 17.8 Å². The maximum absolute atomic E-state index is 12.7. The molecule has 3 rings (SSSR count). The van der Waals surface area contributed by atoms with Crippen molar-refractivity contribution in [1.82, 2.24) is 10.2 Å². The van der Waals surface area contributed by atoms with Gasteiger partial charge in [-0.3, -0.25) is 9.52 Å². The van der Waals surface area contributed by atoms with Gasteiger partial charge in [0.15, 0.2) is 0 Å². The van der Waals surface area contributed by atoms with Gasteiger partial charge in [0, 0.05) is 24.3 Å². The second kappa shape index (κ2) is 10.9. The third-order valence-electron chi connectivity index (χ3n) is 5.01. The van der Waals surface area contributed by atoms with Gasteiger partial charge in [0.05, 0.1) is 4.90 Å². The first-order valence-electron chi connectivity index (χ1n) is 10.5. The number of hydrogen-bond acceptors (Lipinski definition) is 4. The Morgan fingerprint density at radius 3 is 2.38 bits per heavy atom. The number of hydrogen-bond donors (Lipinski definition) is 2. The highest BCUT2D eigenvalue weighted by Gasteiger charge is 2.16. The third-order valence-corrected chi connectivity index (χ3v) is 6.39. The highest BCUT2D eigenvalue weighted by molar-refractivity contribution is 7.92. The number of amides is 1. The first-order chi connectivity index (χ1) is 15.3. The van der Waals surface area contributed by atoms with E-state index in [0.717, 1.165) is 25.1 Å². The van der Waals surface area contributed by atoms with Gasteiger partial charge in [-0.2, -0.15) is 0 Å². The lowest BCUT2D eigenvalue weighted by Crippen LogP contribution is -2.28. The normalized spacial score (nSPS) is 11.3. The van der Waals surface area contributed by atoms with Crippen LogP contribution in [0.25, 0.3) is 0 Å². The number of sulfonamides is 1. The van der Waals surface area contributed by atoms with Gasteiger partial charge in [-0.05, 0) is 62.8 Å². The molecule has 0 heterocycles. The van der Waals surface area contributed by atoms with E-state index in [1.54, 1.807) is 24.3 Å². The number of carbonyl (C=O) groups is 1. The van der Waals surface area contributed by atoms with Crippen LogP contribution in [-0.4, -0.2) is 39.4 Å². The van der Waals surface area contributed by atoms with Crippen LogP contribution in [0.4, 0.5) is 5.69 Å². The number of carbonyl (C=O) groups excluding carboxylic acids is 1. The number of aryl methyl sites for hydroxylation is 1. The van der Waals surface area contributed by atoms with E-state index in [4.69, 9.17) is 0 Å². The molecule has 3 aromatic rings. The molecule has 0 bridgehead atoms. The fourth-order valence-electron chi connectivity index (χ4n) is 3.27. The van der Waals surface area contributed by atoms with Crippen molar-refractivity contribution in [2.75, 3.05) is 24.9 Å². The van der Waals surface area contributed by atoms with Crippen molar-refractivity contribution in [3.05, 3.63) is 95.6 Å². The van der Waals surface area contributed by atoms with Gasteiger partial charge in [0.25, 0.3) is 15.9 Å². The summed E-state index contributed by atoms with van der Waals surface area (Å²) < 4.78 is 27.9. The van der Waals surface area contributed by atoms with Crippen LogP contribution in [0, 0.1) is 6.92 Å². The van der Waals surface area contributed by atoms with E-state index in [1.165, 1.54) is 17.7 Å². The van der Waals surface area contributed by atoms with Crippen LogP contribution in [0.2, 0.25) is 0 Å². The Balaban J connectivity index is 1.51. The molecule has 0 aliphatic rings. The van der Waals surface area contributed by atoms with Crippen molar-refractivity contribution < 1.29 is 13.2 Å². The van der Waals surface area contributed by atoms with Gasteiger partial charge in [0.2, 0.25) is 0 Å². The molecule has 0 spiro atoms. The summed E-state index contributed by atoms with van der Waals surface area (Å²) in [5.41, 5.74) is 3.08. The predicted molar refractivity (Wildman–Crippen MR) is 128 cm³/mol. The highest BCUT2D eigenvalue weighted by atomic mass is 32.2. The minimum absolute atomic E-state index is 0.0494. The van der Waals surface area contributed by atoms with Crippen LogP contribution < -0.4 is 10.0 Å². The predicted octanol–water partition coefficient (Wildman–Crippen LogP) is 4.05. The molecule has 0 fully saturated rings. The number of anilines is 1. The number of nitrogens with one attached hydrogen (secondary N) is 2. The molecule has 6 nitrogen and oxygen atoms in total. The highest BCUT2D eigenvalue weighted by Crippen LogP contribution is 2.17. The number of nitrogens with zero attached hydrogens (tertiary/aromatic N) is 1. The summed E-state index contributed by atoms with van der Waals surface area (Å²) in [6.45, 7) is 4.13. The van der Waals surface area contributed by atoms with Gasteiger partial charge >= 0.3 is 0 Å². The largest absolute Gasteiger partial charge is 0.352 e. The fourth-order valence-corrected chi connectivity index (χ4v) is 4.37. The van der Waals surface area contributed by atoms with Gasteiger partial charge in [-0.1, -0.05) is 54.1 Å². The minimum Gasteiger partial charge on any atom is -0.352 e. The van der Waals surface area contributed by atoms with Crippen LogP contribution in [0.15, 0.2) is 83.8 Å². The average molecular weight is 452 g/mol. The molecule has 0 aromatic heterocycles. The topological polar surface area (TPSA) is 78.5 Å². The van der Waals surface area contributed by atoms with E-state index in [1.807, 2.05) is 44.3 Å². The molecule has 0 atom stereocenters. The molecule has 0 radical (unpaired) electrons. The summed E-state index contributed by atoms with van der Waals surface area (Å²) in [5.74, 6) is -0.289. The van der Waals surface area contributed by atoms with Gasteiger partial charge in [0.1, 0.15) is 0 Å². The zero-order valence-electron chi connectivity index (χ0n) is 18.4. The molecule has 0 aliphatic carbocycles. The average Bonchev–Trinajstić information content (AvgIpc) is 2.79. The molecule has 0 unspecified atom stereocenters. The summed E-state index contributed by atoms with van der Waals surface area (Å²) in [6.07, 6.45) is 0.794. The third kappa shape index (κ3) is 6.93. The van der Waals surface area contributed by atoms with Crippen molar-refractivity contribution >= 4 is 21.6 Å². The molecule has 1 amide bonds. The van der Waals surface area contributed by atoms with Crippen molar-refractivity contribution in [2.24, 2.45) is 0 Å². The van der Waals surface area contributed by atoms with Crippen molar-refractivity contribution in [2.45, 2.75) is 24.8 Å². The van der Waals surface area contributed by atoms with Crippen LogP contribution in [0.5, 0.6) is 0 Å². The summed E-state index contributed by atoms with van der Waals surface area (Å²) in [7, 11) is -1.74. The minimum atomic E-state index is -3.79. The number of benzene rings is 3. The Morgan fingerprint density at radius 2 is 1.66 bits per heavy atom. The van der Waals surface area contributed by atoms with Crippen molar-refractivity contribution in [3.8, 4) is 0 Å². The van der Waals surface area contributed by atoms with E-state index < -0.39 is 10.0 Å². The second-order valence-electron chi connectivity index (χ2n) is 7.83. The van der Waals surface area contributed by atoms with Crippen LogP contribution in [-0.2, 0) is 16.6 Å². The molecule has 2 N–H and O–H groups in total. The Labute approximate surface area is 190 Å². The zero-order chi connectivity index (χ0) is 23.0. The van der Waals surface area contributed by atoms with Crippen molar-refractivity contribution in [1.29, 1.82) is 0 Å². The quantitative estimate of drug-likeness (QED) is 0.456. The monoisotopic (exact) mass is 451 g/mol. The Hall–Kier alpha value is -3.16. The summed E-state index contributed by atoms with van der Waals surface area (Å²) in [4.78, 5) is 14.8. The van der Waals surface area contributed by atoms with E-state index in [-0.39, 0.29) is 10.8 Å². The molecular weight excluding hydrogens is 422 g/mol. The standard InChI is InChI=1S/C25H29N3O3S/c1-20-12-14-23(15-13-20)27-32(30,31)24-11-6-10-22(18-24)25(29)26-16-7-17-28(2)19-21-8-4-3-5-9-21/h3-6,8-15,18,27H,7,16-17,19H2,1-2H3,(H,26,29). The lowest BCUT2D eigenvalue weighted by atomic mass is 10.2. The summed E-state index contributed by atoms with van der Waals surface area (Å²) in [6, 6.07) is 23.4.